The van der Waals surface area contributed by atoms with Gasteiger partial charge < -0.3 is 10.5 Å². The van der Waals surface area contributed by atoms with E-state index in [0.29, 0.717) is 0 Å². The highest BCUT2D eigenvalue weighted by atomic mass is 16.5. The van der Waals surface area contributed by atoms with Gasteiger partial charge in [0.15, 0.2) is 0 Å². The molecular weight excluding hydrogens is 174 g/mol. The Morgan fingerprint density at radius 3 is 2.86 bits per heavy atom. The fourth-order valence-electron chi connectivity index (χ4n) is 1.26. The molecule has 0 bridgehead atoms. The van der Waals surface area contributed by atoms with Crippen molar-refractivity contribution in [3.05, 3.63) is 29.3 Å². The average Bonchev–Trinajstić information content (AvgIpc) is 2.14. The van der Waals surface area contributed by atoms with E-state index in [-0.39, 0.29) is 12.6 Å². The lowest BCUT2D eigenvalue weighted by molar-refractivity contribution is 0.364. The van der Waals surface area contributed by atoms with E-state index in [1.54, 1.807) is 0 Å². The Kier molecular flexibility index (Phi) is 3.55. The van der Waals surface area contributed by atoms with Gasteiger partial charge in [0.25, 0.3) is 0 Å². The number of aryl methyl sites for hydroxylation is 1. The van der Waals surface area contributed by atoms with E-state index in [2.05, 4.69) is 5.92 Å². The maximum atomic E-state index is 5.80. The Bertz CT molecular complexity index is 350. The van der Waals surface area contributed by atoms with E-state index >= 15 is 0 Å². The standard InChI is InChI=1S/C12H15NO/c1-4-7-14-12-8-9(2)5-6-11(12)10(3)13/h1,5-6,8,10H,7,13H2,2-3H3/t10-/m0/s1. The van der Waals surface area contributed by atoms with Gasteiger partial charge in [-0.1, -0.05) is 18.1 Å². The van der Waals surface area contributed by atoms with Crippen molar-refractivity contribution in [1.82, 2.24) is 0 Å². The SMILES string of the molecule is C#CCOc1cc(C)ccc1[C@H](C)N. The highest BCUT2D eigenvalue weighted by Crippen LogP contribution is 2.24. The number of ether oxygens (including phenoxy) is 1. The number of rotatable bonds is 3. The predicted molar refractivity (Wildman–Crippen MR) is 58.1 cm³/mol. The largest absolute Gasteiger partial charge is 0.481 e. The normalized spacial score (nSPS) is 11.9. The molecule has 0 unspecified atom stereocenters. The summed E-state index contributed by atoms with van der Waals surface area (Å²) in [4.78, 5) is 0. The van der Waals surface area contributed by atoms with Crippen LogP contribution in [0.25, 0.3) is 0 Å². The molecule has 0 radical (unpaired) electrons. The maximum absolute atomic E-state index is 5.80. The molecule has 1 rings (SSSR count). The molecule has 2 nitrogen and oxygen atoms in total. The second-order valence-electron chi connectivity index (χ2n) is 3.32. The lowest BCUT2D eigenvalue weighted by Gasteiger charge is -2.13. The first kappa shape index (κ1) is 10.6. The molecule has 0 aliphatic heterocycles. The highest BCUT2D eigenvalue weighted by molar-refractivity contribution is 5.39. The predicted octanol–water partition coefficient (Wildman–Crippen LogP) is 2.03. The van der Waals surface area contributed by atoms with Gasteiger partial charge in [0.05, 0.1) is 0 Å². The minimum absolute atomic E-state index is 0.0385. The van der Waals surface area contributed by atoms with Crippen molar-refractivity contribution >= 4 is 0 Å². The van der Waals surface area contributed by atoms with E-state index in [0.717, 1.165) is 16.9 Å². The third-order valence-electron chi connectivity index (χ3n) is 1.97. The summed E-state index contributed by atoms with van der Waals surface area (Å²) in [7, 11) is 0. The fourth-order valence-corrected chi connectivity index (χ4v) is 1.26. The van der Waals surface area contributed by atoms with E-state index in [1.165, 1.54) is 0 Å². The third-order valence-corrected chi connectivity index (χ3v) is 1.97. The monoisotopic (exact) mass is 189 g/mol. The van der Waals surface area contributed by atoms with Crippen LogP contribution in [-0.4, -0.2) is 6.61 Å². The molecule has 2 heteroatoms. The summed E-state index contributed by atoms with van der Waals surface area (Å²) in [5.41, 5.74) is 7.94. The van der Waals surface area contributed by atoms with Crippen LogP contribution >= 0.6 is 0 Å². The zero-order valence-electron chi connectivity index (χ0n) is 8.58. The Hall–Kier alpha value is -1.46. The first-order chi connectivity index (χ1) is 6.65. The molecule has 1 atom stereocenters. The Morgan fingerprint density at radius 2 is 2.29 bits per heavy atom. The van der Waals surface area contributed by atoms with Gasteiger partial charge >= 0.3 is 0 Å². The summed E-state index contributed by atoms with van der Waals surface area (Å²) < 4.78 is 5.41. The molecule has 1 aromatic carbocycles. The number of hydrogen-bond acceptors (Lipinski definition) is 2. The first-order valence-electron chi connectivity index (χ1n) is 4.57. The summed E-state index contributed by atoms with van der Waals surface area (Å²) in [6.45, 7) is 4.21. The van der Waals surface area contributed by atoms with Crippen LogP contribution in [0.5, 0.6) is 5.75 Å². The number of terminal acetylenes is 1. The summed E-state index contributed by atoms with van der Waals surface area (Å²) in [5, 5.41) is 0. The zero-order chi connectivity index (χ0) is 10.6. The minimum atomic E-state index is -0.0385. The number of nitrogens with two attached hydrogens (primary N) is 1. The molecule has 0 aliphatic rings. The van der Waals surface area contributed by atoms with E-state index < -0.39 is 0 Å². The molecule has 0 aromatic heterocycles. The van der Waals surface area contributed by atoms with Crippen LogP contribution in [0.1, 0.15) is 24.1 Å². The van der Waals surface area contributed by atoms with Gasteiger partial charge in [-0.2, -0.15) is 0 Å². The van der Waals surface area contributed by atoms with Crippen molar-refractivity contribution in [3.63, 3.8) is 0 Å². The van der Waals surface area contributed by atoms with Crippen molar-refractivity contribution in [2.45, 2.75) is 19.9 Å². The summed E-state index contributed by atoms with van der Waals surface area (Å²) in [6, 6.07) is 5.91. The molecule has 0 amide bonds. The second-order valence-corrected chi connectivity index (χ2v) is 3.32. The number of benzene rings is 1. The van der Waals surface area contributed by atoms with Gasteiger partial charge in [-0.15, -0.1) is 6.42 Å². The van der Waals surface area contributed by atoms with Gasteiger partial charge in [-0.25, -0.2) is 0 Å². The second kappa shape index (κ2) is 4.69. The van der Waals surface area contributed by atoms with Crippen molar-refractivity contribution < 1.29 is 4.74 Å². The first-order valence-corrected chi connectivity index (χ1v) is 4.57. The Balaban J connectivity index is 2.98. The molecule has 0 fully saturated rings. The van der Waals surface area contributed by atoms with Crippen molar-refractivity contribution in [2.75, 3.05) is 6.61 Å². The van der Waals surface area contributed by atoms with Crippen molar-refractivity contribution in [3.8, 4) is 18.1 Å². The average molecular weight is 189 g/mol. The summed E-state index contributed by atoms with van der Waals surface area (Å²) in [5.74, 6) is 3.23. The molecule has 0 aliphatic carbocycles. The van der Waals surface area contributed by atoms with Crippen LogP contribution in [0.3, 0.4) is 0 Å². The molecule has 74 valence electrons. The van der Waals surface area contributed by atoms with Gasteiger partial charge in [0.2, 0.25) is 0 Å². The van der Waals surface area contributed by atoms with Crippen LogP contribution in [0.2, 0.25) is 0 Å². The molecule has 0 saturated carbocycles. The molecule has 0 saturated heterocycles. The minimum Gasteiger partial charge on any atom is -0.481 e. The van der Waals surface area contributed by atoms with Crippen LogP contribution in [-0.2, 0) is 0 Å². The van der Waals surface area contributed by atoms with E-state index in [1.807, 2.05) is 32.0 Å². The summed E-state index contributed by atoms with van der Waals surface area (Å²) in [6.07, 6.45) is 5.13. The van der Waals surface area contributed by atoms with Crippen LogP contribution in [0, 0.1) is 19.3 Å². The molecule has 2 N–H and O–H groups in total. The lowest BCUT2D eigenvalue weighted by Crippen LogP contribution is -2.08. The fraction of sp³-hybridized carbons (Fsp3) is 0.333. The third kappa shape index (κ3) is 2.51. The van der Waals surface area contributed by atoms with E-state index in [9.17, 15) is 0 Å². The molecule has 14 heavy (non-hydrogen) atoms. The van der Waals surface area contributed by atoms with Crippen LogP contribution in [0.15, 0.2) is 18.2 Å². The van der Waals surface area contributed by atoms with Crippen LogP contribution in [0.4, 0.5) is 0 Å². The maximum Gasteiger partial charge on any atom is 0.148 e. The van der Waals surface area contributed by atoms with Gasteiger partial charge in [-0.05, 0) is 25.5 Å². The molecule has 0 heterocycles. The van der Waals surface area contributed by atoms with Crippen molar-refractivity contribution in [1.29, 1.82) is 0 Å². The zero-order valence-corrected chi connectivity index (χ0v) is 8.58. The van der Waals surface area contributed by atoms with Crippen molar-refractivity contribution in [2.24, 2.45) is 5.73 Å². The molecule has 0 spiro atoms. The highest BCUT2D eigenvalue weighted by Gasteiger charge is 2.07. The van der Waals surface area contributed by atoms with Gasteiger partial charge in [0.1, 0.15) is 12.4 Å². The number of hydrogen-bond donors (Lipinski definition) is 1. The quantitative estimate of drug-likeness (QED) is 0.738. The van der Waals surface area contributed by atoms with Gasteiger partial charge in [-0.3, -0.25) is 0 Å². The topological polar surface area (TPSA) is 35.2 Å². The van der Waals surface area contributed by atoms with Crippen LogP contribution < -0.4 is 10.5 Å². The molecular formula is C12H15NO. The smallest absolute Gasteiger partial charge is 0.148 e. The lowest BCUT2D eigenvalue weighted by atomic mass is 10.1. The Labute approximate surface area is 85.1 Å². The Morgan fingerprint density at radius 1 is 1.57 bits per heavy atom. The van der Waals surface area contributed by atoms with Gasteiger partial charge in [0, 0.05) is 11.6 Å². The summed E-state index contributed by atoms with van der Waals surface area (Å²) >= 11 is 0. The molecule has 1 aromatic rings. The van der Waals surface area contributed by atoms with E-state index in [4.69, 9.17) is 16.9 Å².